The largest absolute Gasteiger partial charge is 0.340 e. The van der Waals surface area contributed by atoms with E-state index in [1.807, 2.05) is 0 Å². The van der Waals surface area contributed by atoms with Gasteiger partial charge in [-0.15, -0.1) is 0 Å². The first kappa shape index (κ1) is 15.4. The van der Waals surface area contributed by atoms with Crippen molar-refractivity contribution in [1.29, 1.82) is 0 Å². The minimum atomic E-state index is -3.07. The monoisotopic (exact) mass is 302 g/mol. The third-order valence-corrected chi connectivity index (χ3v) is 5.00. The number of aromatic nitrogens is 2. The van der Waals surface area contributed by atoms with Crippen molar-refractivity contribution >= 4 is 10.0 Å². The van der Waals surface area contributed by atoms with Gasteiger partial charge in [0.05, 0.1) is 12.8 Å². The van der Waals surface area contributed by atoms with Crippen LogP contribution in [0.1, 0.15) is 24.6 Å². The molecule has 1 fully saturated rings. The quantitative estimate of drug-likeness (QED) is 0.787. The molecule has 0 radical (unpaired) electrons. The zero-order valence-electron chi connectivity index (χ0n) is 12.2. The highest BCUT2D eigenvalue weighted by atomic mass is 32.2. The van der Waals surface area contributed by atoms with Crippen molar-refractivity contribution < 1.29 is 12.9 Å². The Bertz CT molecular complexity index is 535. The normalized spacial score (nSPS) is 18.8. The summed E-state index contributed by atoms with van der Waals surface area (Å²) < 4.78 is 29.2. The molecule has 0 aliphatic carbocycles. The van der Waals surface area contributed by atoms with Crippen molar-refractivity contribution in [2.45, 2.75) is 26.3 Å². The molecule has 7 nitrogen and oxygen atoms in total. The molecular weight excluding hydrogens is 280 g/mol. The second-order valence-corrected chi connectivity index (χ2v) is 7.58. The summed E-state index contributed by atoms with van der Waals surface area (Å²) in [6, 6.07) is 0. The standard InChI is InChI=1S/C12H22N4O3S/c1-10-13-12(14-19-10)9-16-6-4-11(5-7-16)8-15(2)20(3,17)18/h11H,4-9H2,1-3H3. The van der Waals surface area contributed by atoms with Gasteiger partial charge in [-0.2, -0.15) is 4.98 Å². The molecule has 0 spiro atoms. The summed E-state index contributed by atoms with van der Waals surface area (Å²) in [5.74, 6) is 1.73. The number of piperidine rings is 1. The van der Waals surface area contributed by atoms with Crippen LogP contribution in [0, 0.1) is 12.8 Å². The Morgan fingerprint density at radius 3 is 2.55 bits per heavy atom. The molecular formula is C12H22N4O3S. The van der Waals surface area contributed by atoms with Gasteiger partial charge in [-0.1, -0.05) is 5.16 Å². The van der Waals surface area contributed by atoms with E-state index >= 15 is 0 Å². The highest BCUT2D eigenvalue weighted by molar-refractivity contribution is 7.88. The van der Waals surface area contributed by atoms with Crippen LogP contribution in [0.5, 0.6) is 0 Å². The Kier molecular flexibility index (Phi) is 4.77. The summed E-state index contributed by atoms with van der Waals surface area (Å²) in [4.78, 5) is 6.48. The number of rotatable bonds is 5. The maximum absolute atomic E-state index is 11.4. The Hall–Kier alpha value is -0.990. The Morgan fingerprint density at radius 2 is 2.05 bits per heavy atom. The number of hydrogen-bond acceptors (Lipinski definition) is 6. The van der Waals surface area contributed by atoms with E-state index in [1.54, 1.807) is 14.0 Å². The smallest absolute Gasteiger partial charge is 0.223 e. The summed E-state index contributed by atoms with van der Waals surface area (Å²) in [7, 11) is -1.43. The molecule has 1 aliphatic rings. The second kappa shape index (κ2) is 6.19. The number of hydrogen-bond donors (Lipinski definition) is 0. The van der Waals surface area contributed by atoms with Gasteiger partial charge in [0, 0.05) is 20.5 Å². The average Bonchev–Trinajstić information content (AvgIpc) is 2.76. The Balaban J connectivity index is 1.78. The van der Waals surface area contributed by atoms with Crippen molar-refractivity contribution in [3.05, 3.63) is 11.7 Å². The molecule has 8 heteroatoms. The first-order chi connectivity index (χ1) is 9.34. The van der Waals surface area contributed by atoms with E-state index in [1.165, 1.54) is 10.6 Å². The van der Waals surface area contributed by atoms with Crippen LogP contribution < -0.4 is 0 Å². The maximum Gasteiger partial charge on any atom is 0.223 e. The highest BCUT2D eigenvalue weighted by Crippen LogP contribution is 2.19. The first-order valence-corrected chi connectivity index (χ1v) is 8.62. The average molecular weight is 302 g/mol. The van der Waals surface area contributed by atoms with Gasteiger partial charge in [0.15, 0.2) is 5.82 Å². The third kappa shape index (κ3) is 4.26. The van der Waals surface area contributed by atoms with E-state index in [-0.39, 0.29) is 0 Å². The molecule has 0 unspecified atom stereocenters. The molecule has 1 aromatic heterocycles. The Morgan fingerprint density at radius 1 is 1.40 bits per heavy atom. The van der Waals surface area contributed by atoms with Crippen molar-refractivity contribution in [2.24, 2.45) is 5.92 Å². The van der Waals surface area contributed by atoms with Crippen LogP contribution in [-0.2, 0) is 16.6 Å². The molecule has 1 saturated heterocycles. The van der Waals surface area contributed by atoms with Gasteiger partial charge in [-0.3, -0.25) is 4.90 Å². The lowest BCUT2D eigenvalue weighted by molar-refractivity contribution is 0.162. The zero-order chi connectivity index (χ0) is 14.8. The summed E-state index contributed by atoms with van der Waals surface area (Å²) in [5.41, 5.74) is 0. The van der Waals surface area contributed by atoms with Gasteiger partial charge in [-0.05, 0) is 31.8 Å². The van der Waals surface area contributed by atoms with E-state index in [2.05, 4.69) is 15.0 Å². The Labute approximate surface area is 120 Å². The molecule has 114 valence electrons. The highest BCUT2D eigenvalue weighted by Gasteiger charge is 2.23. The lowest BCUT2D eigenvalue weighted by Crippen LogP contribution is -2.39. The topological polar surface area (TPSA) is 79.5 Å². The van der Waals surface area contributed by atoms with Crippen LogP contribution in [0.15, 0.2) is 4.52 Å². The van der Waals surface area contributed by atoms with Crippen molar-refractivity contribution in [2.75, 3.05) is 32.9 Å². The molecule has 2 rings (SSSR count). The van der Waals surface area contributed by atoms with Gasteiger partial charge < -0.3 is 4.52 Å². The van der Waals surface area contributed by atoms with Gasteiger partial charge in [0.25, 0.3) is 0 Å². The van der Waals surface area contributed by atoms with Crippen LogP contribution in [-0.4, -0.2) is 60.7 Å². The number of nitrogens with zero attached hydrogens (tertiary/aromatic N) is 4. The summed E-state index contributed by atoms with van der Waals surface area (Å²) in [6.45, 7) is 4.97. The molecule has 0 bridgehead atoms. The van der Waals surface area contributed by atoms with Crippen LogP contribution in [0.2, 0.25) is 0 Å². The van der Waals surface area contributed by atoms with Gasteiger partial charge in [-0.25, -0.2) is 12.7 Å². The SMILES string of the molecule is Cc1nc(CN2CCC(CN(C)S(C)(=O)=O)CC2)no1. The maximum atomic E-state index is 11.4. The first-order valence-electron chi connectivity index (χ1n) is 6.77. The predicted molar refractivity (Wildman–Crippen MR) is 74.5 cm³/mol. The van der Waals surface area contributed by atoms with E-state index in [9.17, 15) is 8.42 Å². The molecule has 0 aromatic carbocycles. The second-order valence-electron chi connectivity index (χ2n) is 5.49. The van der Waals surface area contributed by atoms with Crippen LogP contribution in [0.3, 0.4) is 0 Å². The number of sulfonamides is 1. The fourth-order valence-electron chi connectivity index (χ4n) is 2.43. The summed E-state index contributed by atoms with van der Waals surface area (Å²) >= 11 is 0. The zero-order valence-corrected chi connectivity index (χ0v) is 13.1. The molecule has 1 aromatic rings. The summed E-state index contributed by atoms with van der Waals surface area (Å²) in [5, 5.41) is 3.89. The molecule has 0 saturated carbocycles. The summed E-state index contributed by atoms with van der Waals surface area (Å²) in [6.07, 6.45) is 3.24. The van der Waals surface area contributed by atoms with E-state index in [4.69, 9.17) is 4.52 Å². The fraction of sp³-hybridized carbons (Fsp3) is 0.833. The van der Waals surface area contributed by atoms with Crippen molar-refractivity contribution in [3.63, 3.8) is 0 Å². The lowest BCUT2D eigenvalue weighted by Gasteiger charge is -2.32. The molecule has 20 heavy (non-hydrogen) atoms. The molecule has 2 heterocycles. The minimum absolute atomic E-state index is 0.429. The van der Waals surface area contributed by atoms with E-state index < -0.39 is 10.0 Å². The number of likely N-dealkylation sites (tertiary alicyclic amines) is 1. The van der Waals surface area contributed by atoms with Crippen LogP contribution in [0.4, 0.5) is 0 Å². The van der Waals surface area contributed by atoms with Crippen molar-refractivity contribution in [1.82, 2.24) is 19.3 Å². The lowest BCUT2D eigenvalue weighted by atomic mass is 9.97. The number of aryl methyl sites for hydroxylation is 1. The van der Waals surface area contributed by atoms with E-state index in [0.717, 1.165) is 25.9 Å². The van der Waals surface area contributed by atoms with Gasteiger partial charge in [0.1, 0.15) is 0 Å². The fourth-order valence-corrected chi connectivity index (χ4v) is 2.91. The van der Waals surface area contributed by atoms with Crippen molar-refractivity contribution in [3.8, 4) is 0 Å². The molecule has 0 atom stereocenters. The predicted octanol–water partition coefficient (Wildman–Crippen LogP) is 0.481. The molecule has 0 N–H and O–H groups in total. The minimum Gasteiger partial charge on any atom is -0.340 e. The molecule has 1 aliphatic heterocycles. The third-order valence-electron chi connectivity index (χ3n) is 3.72. The van der Waals surface area contributed by atoms with Gasteiger partial charge >= 0.3 is 0 Å². The van der Waals surface area contributed by atoms with Crippen LogP contribution in [0.25, 0.3) is 0 Å². The van der Waals surface area contributed by atoms with Crippen LogP contribution >= 0.6 is 0 Å². The van der Waals surface area contributed by atoms with E-state index in [0.29, 0.717) is 30.7 Å². The molecule has 0 amide bonds. The van der Waals surface area contributed by atoms with Gasteiger partial charge in [0.2, 0.25) is 15.9 Å².